The summed E-state index contributed by atoms with van der Waals surface area (Å²) >= 11 is 0. The molecule has 0 aliphatic rings. The summed E-state index contributed by atoms with van der Waals surface area (Å²) in [7, 11) is 0. The molecule has 0 saturated heterocycles. The molecule has 104 valence electrons. The van der Waals surface area contributed by atoms with E-state index in [-0.39, 0.29) is 0 Å². The van der Waals surface area contributed by atoms with Crippen LogP contribution in [0.4, 0.5) is 11.4 Å². The quantitative estimate of drug-likeness (QED) is 0.430. The number of amides is 2. The predicted molar refractivity (Wildman–Crippen MR) is 76.8 cm³/mol. The van der Waals surface area contributed by atoms with E-state index in [1.807, 2.05) is 13.0 Å². The maximum atomic E-state index is 11.7. The van der Waals surface area contributed by atoms with Crippen LogP contribution in [0.25, 0.3) is 0 Å². The van der Waals surface area contributed by atoms with Gasteiger partial charge >= 0.3 is 11.8 Å². The van der Waals surface area contributed by atoms with Crippen molar-refractivity contribution in [3.05, 3.63) is 23.8 Å². The maximum Gasteiger partial charge on any atom is 0.313 e. The summed E-state index contributed by atoms with van der Waals surface area (Å²) in [6.45, 7) is 4.48. The van der Waals surface area contributed by atoms with E-state index < -0.39 is 11.8 Å². The van der Waals surface area contributed by atoms with Gasteiger partial charge in [0.15, 0.2) is 0 Å². The summed E-state index contributed by atoms with van der Waals surface area (Å²) in [5.74, 6) is -1.31. The van der Waals surface area contributed by atoms with Crippen LogP contribution in [0.3, 0.4) is 0 Å². The predicted octanol–water partition coefficient (Wildman–Crippen LogP) is 1.82. The normalized spacial score (nSPS) is 10.0. The molecule has 0 heterocycles. The maximum absolute atomic E-state index is 11.7. The minimum Gasteiger partial charge on any atom is -0.397 e. The molecule has 5 heteroatoms. The Kier molecular flexibility index (Phi) is 5.85. The van der Waals surface area contributed by atoms with Crippen molar-refractivity contribution in [3.8, 4) is 0 Å². The molecule has 1 aromatic rings. The van der Waals surface area contributed by atoms with Crippen molar-refractivity contribution in [2.24, 2.45) is 0 Å². The Labute approximate surface area is 113 Å². The minimum absolute atomic E-state index is 0.442. The summed E-state index contributed by atoms with van der Waals surface area (Å²) in [5.41, 5.74) is 7.61. The van der Waals surface area contributed by atoms with Crippen molar-refractivity contribution in [2.45, 2.75) is 33.1 Å². The zero-order valence-corrected chi connectivity index (χ0v) is 11.5. The smallest absolute Gasteiger partial charge is 0.313 e. The minimum atomic E-state index is -0.686. The lowest BCUT2D eigenvalue weighted by molar-refractivity contribution is -0.136. The number of anilines is 2. The van der Waals surface area contributed by atoms with Crippen molar-refractivity contribution < 1.29 is 9.59 Å². The highest BCUT2D eigenvalue weighted by atomic mass is 16.2. The number of unbranched alkanes of at least 4 members (excludes halogenated alkanes) is 2. The molecule has 0 aliphatic heterocycles. The third kappa shape index (κ3) is 4.99. The van der Waals surface area contributed by atoms with Crippen LogP contribution in [0.1, 0.15) is 31.7 Å². The summed E-state index contributed by atoms with van der Waals surface area (Å²) in [5, 5.41) is 5.10. The molecule has 0 bridgehead atoms. The van der Waals surface area contributed by atoms with E-state index in [0.717, 1.165) is 24.8 Å². The van der Waals surface area contributed by atoms with Gasteiger partial charge in [-0.05, 0) is 31.0 Å². The van der Waals surface area contributed by atoms with E-state index in [4.69, 9.17) is 5.73 Å². The summed E-state index contributed by atoms with van der Waals surface area (Å²) in [6.07, 6.45) is 2.98. The van der Waals surface area contributed by atoms with E-state index in [9.17, 15) is 9.59 Å². The highest BCUT2D eigenvalue weighted by Gasteiger charge is 2.14. The van der Waals surface area contributed by atoms with Gasteiger partial charge in [-0.3, -0.25) is 9.59 Å². The topological polar surface area (TPSA) is 84.2 Å². The van der Waals surface area contributed by atoms with Crippen LogP contribution in [0, 0.1) is 6.92 Å². The van der Waals surface area contributed by atoms with Crippen molar-refractivity contribution >= 4 is 23.2 Å². The van der Waals surface area contributed by atoms with Gasteiger partial charge < -0.3 is 16.4 Å². The highest BCUT2D eigenvalue weighted by molar-refractivity contribution is 6.39. The summed E-state index contributed by atoms with van der Waals surface area (Å²) in [6, 6.07) is 5.28. The Balaban J connectivity index is 2.49. The van der Waals surface area contributed by atoms with E-state index in [1.54, 1.807) is 12.1 Å². The molecule has 5 nitrogen and oxygen atoms in total. The number of hydrogen-bond donors (Lipinski definition) is 3. The second-order valence-corrected chi connectivity index (χ2v) is 4.51. The zero-order chi connectivity index (χ0) is 14.3. The lowest BCUT2D eigenvalue weighted by Gasteiger charge is -2.09. The average Bonchev–Trinajstić information content (AvgIpc) is 2.38. The average molecular weight is 263 g/mol. The number of nitrogen functional groups attached to an aromatic ring is 1. The molecule has 0 aromatic heterocycles. The molecule has 0 unspecified atom stereocenters. The van der Waals surface area contributed by atoms with Crippen LogP contribution >= 0.6 is 0 Å². The fourth-order valence-corrected chi connectivity index (χ4v) is 1.61. The number of nitrogens with one attached hydrogen (secondary N) is 2. The van der Waals surface area contributed by atoms with Gasteiger partial charge in [0.1, 0.15) is 0 Å². The molecule has 4 N–H and O–H groups in total. The van der Waals surface area contributed by atoms with Crippen molar-refractivity contribution in [2.75, 3.05) is 17.6 Å². The first-order chi connectivity index (χ1) is 9.04. The molecule has 1 aromatic carbocycles. The molecule has 0 fully saturated rings. The van der Waals surface area contributed by atoms with Gasteiger partial charge in [-0.2, -0.15) is 0 Å². The number of carbonyl (C=O) groups excluding carboxylic acids is 2. The standard InChI is InChI=1S/C14H21N3O2/c1-3-4-5-8-16-13(18)14(19)17-12-9-10(2)6-7-11(12)15/h6-7,9H,3-5,8,15H2,1-2H3,(H,16,18)(H,17,19). The number of carbonyl (C=O) groups is 2. The first-order valence-electron chi connectivity index (χ1n) is 6.50. The lowest BCUT2D eigenvalue weighted by Crippen LogP contribution is -2.36. The largest absolute Gasteiger partial charge is 0.397 e. The fourth-order valence-electron chi connectivity index (χ4n) is 1.61. The Hall–Kier alpha value is -2.04. The van der Waals surface area contributed by atoms with E-state index in [0.29, 0.717) is 17.9 Å². The fraction of sp³-hybridized carbons (Fsp3) is 0.429. The monoisotopic (exact) mass is 263 g/mol. The van der Waals surface area contributed by atoms with E-state index in [2.05, 4.69) is 17.6 Å². The number of hydrogen-bond acceptors (Lipinski definition) is 3. The van der Waals surface area contributed by atoms with Crippen LogP contribution in [0.15, 0.2) is 18.2 Å². The molecule has 0 aliphatic carbocycles. The number of rotatable bonds is 5. The van der Waals surface area contributed by atoms with Crippen LogP contribution in [0.5, 0.6) is 0 Å². The van der Waals surface area contributed by atoms with Gasteiger partial charge in [-0.1, -0.05) is 25.8 Å². The third-order valence-corrected chi connectivity index (χ3v) is 2.73. The Morgan fingerprint density at radius 1 is 1.21 bits per heavy atom. The van der Waals surface area contributed by atoms with E-state index >= 15 is 0 Å². The van der Waals surface area contributed by atoms with Crippen LogP contribution in [-0.4, -0.2) is 18.4 Å². The lowest BCUT2D eigenvalue weighted by atomic mass is 10.2. The molecule has 0 atom stereocenters. The van der Waals surface area contributed by atoms with Crippen molar-refractivity contribution in [3.63, 3.8) is 0 Å². The van der Waals surface area contributed by atoms with Crippen LogP contribution in [0.2, 0.25) is 0 Å². The summed E-state index contributed by atoms with van der Waals surface area (Å²) < 4.78 is 0. The van der Waals surface area contributed by atoms with Gasteiger partial charge in [0.25, 0.3) is 0 Å². The molecule has 1 rings (SSSR count). The van der Waals surface area contributed by atoms with Crippen LogP contribution < -0.4 is 16.4 Å². The number of aryl methyl sites for hydroxylation is 1. The van der Waals surface area contributed by atoms with Gasteiger partial charge in [-0.15, -0.1) is 0 Å². The SMILES string of the molecule is CCCCCNC(=O)C(=O)Nc1cc(C)ccc1N. The zero-order valence-electron chi connectivity index (χ0n) is 11.5. The molecule has 19 heavy (non-hydrogen) atoms. The van der Waals surface area contributed by atoms with Crippen molar-refractivity contribution in [1.29, 1.82) is 0 Å². The molecule has 0 radical (unpaired) electrons. The molecule has 0 spiro atoms. The van der Waals surface area contributed by atoms with Gasteiger partial charge in [-0.25, -0.2) is 0 Å². The van der Waals surface area contributed by atoms with E-state index in [1.165, 1.54) is 0 Å². The number of benzene rings is 1. The highest BCUT2D eigenvalue weighted by Crippen LogP contribution is 2.19. The second kappa shape index (κ2) is 7.41. The Morgan fingerprint density at radius 3 is 2.63 bits per heavy atom. The molecular weight excluding hydrogens is 242 g/mol. The second-order valence-electron chi connectivity index (χ2n) is 4.51. The van der Waals surface area contributed by atoms with Crippen LogP contribution in [-0.2, 0) is 9.59 Å². The molecular formula is C14H21N3O2. The third-order valence-electron chi connectivity index (χ3n) is 2.73. The van der Waals surface area contributed by atoms with Gasteiger partial charge in [0, 0.05) is 6.54 Å². The Morgan fingerprint density at radius 2 is 1.95 bits per heavy atom. The first kappa shape index (κ1) is 15.0. The number of nitrogens with two attached hydrogens (primary N) is 1. The molecule has 2 amide bonds. The molecule has 0 saturated carbocycles. The van der Waals surface area contributed by atoms with Gasteiger partial charge in [0.05, 0.1) is 11.4 Å². The van der Waals surface area contributed by atoms with Crippen molar-refractivity contribution in [1.82, 2.24) is 5.32 Å². The first-order valence-corrected chi connectivity index (χ1v) is 6.50. The Bertz CT molecular complexity index is 458. The van der Waals surface area contributed by atoms with Gasteiger partial charge in [0.2, 0.25) is 0 Å². The summed E-state index contributed by atoms with van der Waals surface area (Å²) in [4.78, 5) is 23.2.